The monoisotopic (exact) mass is 209 g/mol. The summed E-state index contributed by atoms with van der Waals surface area (Å²) in [6.45, 7) is -0.358. The highest BCUT2D eigenvalue weighted by atomic mass is 16.4. The number of nitrogens with zero attached hydrogens (tertiary/aromatic N) is 1. The molecule has 1 rings (SSSR count). The quantitative estimate of drug-likeness (QED) is 0.413. The molecule has 0 aliphatic rings. The van der Waals surface area contributed by atoms with Gasteiger partial charge in [-0.05, 0) is 17.6 Å². The first kappa shape index (κ1) is 11.7. The first-order valence-electron chi connectivity index (χ1n) is 4.38. The average molecular weight is 209 g/mol. The summed E-state index contributed by atoms with van der Waals surface area (Å²) in [4.78, 5) is 12.6. The smallest absolute Gasteiger partial charge is 0.423 e. The topological polar surface area (TPSA) is 81.0 Å². The van der Waals surface area contributed by atoms with Crippen molar-refractivity contribution in [1.29, 1.82) is 0 Å². The number of aliphatic hydroxyl groups is 1. The van der Waals surface area contributed by atoms with E-state index in [2.05, 4.69) is 0 Å². The Morgan fingerprint density at radius 3 is 2.27 bits per heavy atom. The molecule has 15 heavy (non-hydrogen) atoms. The number of aliphatic hydroxyl groups excluding tert-OH is 1. The van der Waals surface area contributed by atoms with Gasteiger partial charge in [0.15, 0.2) is 0 Å². The third kappa shape index (κ3) is 2.79. The standard InChI is InChI=1S/C9H12BNO4/c1-11(6-12)9(13)7-2-4-8(5-3-7)10(14)15/h2-5,12,14-15H,6H2,1H3. The number of hydrogen-bond acceptors (Lipinski definition) is 4. The van der Waals surface area contributed by atoms with Crippen LogP contribution >= 0.6 is 0 Å². The fourth-order valence-corrected chi connectivity index (χ4v) is 1.08. The van der Waals surface area contributed by atoms with Crippen molar-refractivity contribution in [3.05, 3.63) is 29.8 Å². The van der Waals surface area contributed by atoms with Crippen LogP contribution < -0.4 is 5.46 Å². The van der Waals surface area contributed by atoms with Crippen LogP contribution in [0, 0.1) is 0 Å². The predicted octanol–water partition coefficient (Wildman–Crippen LogP) is -1.61. The van der Waals surface area contributed by atoms with Gasteiger partial charge in [-0.1, -0.05) is 12.1 Å². The van der Waals surface area contributed by atoms with Gasteiger partial charge in [-0.3, -0.25) is 4.79 Å². The molecule has 0 atom stereocenters. The molecule has 0 unspecified atom stereocenters. The van der Waals surface area contributed by atoms with Crippen molar-refractivity contribution >= 4 is 18.5 Å². The summed E-state index contributed by atoms with van der Waals surface area (Å²) in [6.07, 6.45) is 0. The molecule has 0 aliphatic carbocycles. The van der Waals surface area contributed by atoms with Crippen molar-refractivity contribution in [3.8, 4) is 0 Å². The van der Waals surface area contributed by atoms with Gasteiger partial charge in [0.05, 0.1) is 0 Å². The normalized spacial score (nSPS) is 9.87. The lowest BCUT2D eigenvalue weighted by atomic mass is 9.80. The molecule has 0 heterocycles. The fourth-order valence-electron chi connectivity index (χ4n) is 1.08. The minimum absolute atomic E-state index is 0.318. The highest BCUT2D eigenvalue weighted by Crippen LogP contribution is 2.01. The number of hydrogen-bond donors (Lipinski definition) is 3. The number of rotatable bonds is 3. The Bertz CT molecular complexity index is 338. The van der Waals surface area contributed by atoms with E-state index in [1.807, 2.05) is 0 Å². The molecule has 3 N–H and O–H groups in total. The SMILES string of the molecule is CN(CO)C(=O)c1ccc(B(O)O)cc1. The van der Waals surface area contributed by atoms with Crippen LogP contribution in [0.4, 0.5) is 0 Å². The molecule has 0 radical (unpaired) electrons. The van der Waals surface area contributed by atoms with Crippen LogP contribution in [-0.2, 0) is 0 Å². The first-order valence-corrected chi connectivity index (χ1v) is 4.38. The van der Waals surface area contributed by atoms with Gasteiger partial charge >= 0.3 is 7.12 Å². The second kappa shape index (κ2) is 4.93. The van der Waals surface area contributed by atoms with Gasteiger partial charge in [-0.15, -0.1) is 0 Å². The van der Waals surface area contributed by atoms with Crippen LogP contribution in [0.15, 0.2) is 24.3 Å². The van der Waals surface area contributed by atoms with Gasteiger partial charge in [-0.2, -0.15) is 0 Å². The lowest BCUT2D eigenvalue weighted by Crippen LogP contribution is -2.31. The largest absolute Gasteiger partial charge is 0.488 e. The maximum atomic E-state index is 11.5. The van der Waals surface area contributed by atoms with Crippen molar-refractivity contribution in [2.45, 2.75) is 0 Å². The fraction of sp³-hybridized carbons (Fsp3) is 0.222. The third-order valence-electron chi connectivity index (χ3n) is 2.01. The molecule has 0 saturated heterocycles. The molecule has 5 nitrogen and oxygen atoms in total. The van der Waals surface area contributed by atoms with Gasteiger partial charge in [0, 0.05) is 12.6 Å². The van der Waals surface area contributed by atoms with E-state index in [9.17, 15) is 4.79 Å². The van der Waals surface area contributed by atoms with Crippen molar-refractivity contribution in [1.82, 2.24) is 4.90 Å². The molecule has 6 heteroatoms. The maximum absolute atomic E-state index is 11.5. The van der Waals surface area contributed by atoms with E-state index in [-0.39, 0.29) is 12.6 Å². The highest BCUT2D eigenvalue weighted by Gasteiger charge is 2.13. The molecular weight excluding hydrogens is 197 g/mol. The summed E-state index contributed by atoms with van der Waals surface area (Å²) < 4.78 is 0. The Morgan fingerprint density at radius 2 is 1.87 bits per heavy atom. The molecule has 1 aromatic carbocycles. The summed E-state index contributed by atoms with van der Waals surface area (Å²) in [5.74, 6) is -0.323. The molecule has 0 spiro atoms. The highest BCUT2D eigenvalue weighted by molar-refractivity contribution is 6.58. The van der Waals surface area contributed by atoms with E-state index in [4.69, 9.17) is 15.2 Å². The molecule has 1 amide bonds. The first-order chi connectivity index (χ1) is 7.06. The number of benzene rings is 1. The molecule has 1 aromatic rings. The Hall–Kier alpha value is -1.37. The summed E-state index contributed by atoms with van der Waals surface area (Å²) in [5, 5.41) is 26.4. The predicted molar refractivity (Wildman–Crippen MR) is 55.4 cm³/mol. The van der Waals surface area contributed by atoms with Gasteiger partial charge in [-0.25, -0.2) is 0 Å². The Labute approximate surface area is 87.7 Å². The van der Waals surface area contributed by atoms with Crippen molar-refractivity contribution in [2.24, 2.45) is 0 Å². The Balaban J connectivity index is 2.84. The van der Waals surface area contributed by atoms with E-state index in [1.54, 1.807) is 0 Å². The van der Waals surface area contributed by atoms with Crippen molar-refractivity contribution in [2.75, 3.05) is 13.8 Å². The van der Waals surface area contributed by atoms with Crippen LogP contribution in [-0.4, -0.2) is 46.9 Å². The Kier molecular flexibility index (Phi) is 3.84. The lowest BCUT2D eigenvalue weighted by molar-refractivity contribution is 0.0629. The van der Waals surface area contributed by atoms with Crippen LogP contribution in [0.25, 0.3) is 0 Å². The minimum Gasteiger partial charge on any atom is -0.423 e. The second-order valence-electron chi connectivity index (χ2n) is 3.14. The molecular formula is C9H12BNO4. The van der Waals surface area contributed by atoms with Gasteiger partial charge in [0.25, 0.3) is 5.91 Å². The maximum Gasteiger partial charge on any atom is 0.488 e. The van der Waals surface area contributed by atoms with E-state index < -0.39 is 7.12 Å². The third-order valence-corrected chi connectivity index (χ3v) is 2.01. The molecule has 0 fully saturated rings. The van der Waals surface area contributed by atoms with Gasteiger partial charge in [0.1, 0.15) is 6.73 Å². The Morgan fingerprint density at radius 1 is 1.33 bits per heavy atom. The summed E-state index contributed by atoms with van der Waals surface area (Å²) in [7, 11) is -0.0679. The zero-order valence-electron chi connectivity index (χ0n) is 8.29. The van der Waals surface area contributed by atoms with E-state index in [1.165, 1.54) is 31.3 Å². The minimum atomic E-state index is -1.54. The van der Waals surface area contributed by atoms with E-state index in [0.717, 1.165) is 4.90 Å². The molecule has 0 aliphatic heterocycles. The molecule has 80 valence electrons. The zero-order chi connectivity index (χ0) is 11.4. The van der Waals surface area contributed by atoms with Crippen molar-refractivity contribution in [3.63, 3.8) is 0 Å². The van der Waals surface area contributed by atoms with Crippen molar-refractivity contribution < 1.29 is 19.9 Å². The molecule has 0 bridgehead atoms. The van der Waals surface area contributed by atoms with E-state index >= 15 is 0 Å². The zero-order valence-corrected chi connectivity index (χ0v) is 8.29. The van der Waals surface area contributed by atoms with Gasteiger partial charge < -0.3 is 20.1 Å². The lowest BCUT2D eigenvalue weighted by Gasteiger charge is -2.13. The van der Waals surface area contributed by atoms with Gasteiger partial charge in [0.2, 0.25) is 0 Å². The van der Waals surface area contributed by atoms with Crippen LogP contribution in [0.5, 0.6) is 0 Å². The van der Waals surface area contributed by atoms with Crippen LogP contribution in [0.2, 0.25) is 0 Å². The van der Waals surface area contributed by atoms with Crippen LogP contribution in [0.1, 0.15) is 10.4 Å². The van der Waals surface area contributed by atoms with Crippen LogP contribution in [0.3, 0.4) is 0 Å². The molecule has 0 saturated carbocycles. The average Bonchev–Trinajstić information content (AvgIpc) is 2.27. The molecule has 0 aromatic heterocycles. The summed E-state index contributed by atoms with van der Waals surface area (Å²) in [5.41, 5.74) is 0.703. The number of amides is 1. The summed E-state index contributed by atoms with van der Waals surface area (Å²) in [6, 6.07) is 5.85. The van der Waals surface area contributed by atoms with E-state index in [0.29, 0.717) is 11.0 Å². The summed E-state index contributed by atoms with van der Waals surface area (Å²) >= 11 is 0. The number of carbonyl (C=O) groups excluding carboxylic acids is 1. The number of carbonyl (C=O) groups is 1. The second-order valence-corrected chi connectivity index (χ2v) is 3.14.